The minimum Gasteiger partial charge on any atom is -0.478 e. The highest BCUT2D eigenvalue weighted by Gasteiger charge is 2.20. The fourth-order valence-electron chi connectivity index (χ4n) is 2.09. The number of carbonyl (C=O) groups excluding carboxylic acids is 1. The summed E-state index contributed by atoms with van der Waals surface area (Å²) in [4.78, 5) is 23.5. The Morgan fingerprint density at radius 3 is 2.25 bits per heavy atom. The van der Waals surface area contributed by atoms with E-state index in [1.807, 2.05) is 18.2 Å². The molecule has 0 atom stereocenters. The lowest BCUT2D eigenvalue weighted by Gasteiger charge is -2.02. The van der Waals surface area contributed by atoms with Gasteiger partial charge in [0, 0.05) is 10.9 Å². The molecule has 20 heavy (non-hydrogen) atoms. The highest BCUT2D eigenvalue weighted by atomic mass is 16.4. The topological polar surface area (TPSA) is 67.5 Å². The van der Waals surface area contributed by atoms with Crippen LogP contribution in [0.2, 0.25) is 0 Å². The van der Waals surface area contributed by atoms with E-state index >= 15 is 0 Å². The Bertz CT molecular complexity index is 781. The van der Waals surface area contributed by atoms with Gasteiger partial charge >= 0.3 is 5.97 Å². The smallest absolute Gasteiger partial charge is 0.336 e. The van der Waals surface area contributed by atoms with Gasteiger partial charge in [-0.3, -0.25) is 4.79 Å². The van der Waals surface area contributed by atoms with Crippen molar-refractivity contribution in [2.24, 2.45) is 0 Å². The fraction of sp³-hybridized carbons (Fsp3) is 0. The van der Waals surface area contributed by atoms with Crippen molar-refractivity contribution in [2.45, 2.75) is 0 Å². The van der Waals surface area contributed by atoms with E-state index < -0.39 is 11.8 Å². The van der Waals surface area contributed by atoms with Crippen LogP contribution in [0.5, 0.6) is 0 Å². The van der Waals surface area contributed by atoms with E-state index in [2.05, 4.69) is 0 Å². The molecular weight excluding hydrogens is 256 g/mol. The number of benzene rings is 2. The van der Waals surface area contributed by atoms with E-state index in [1.165, 1.54) is 12.1 Å². The quantitative estimate of drug-likeness (QED) is 0.738. The minimum atomic E-state index is -1.13. The second kappa shape index (κ2) is 4.66. The van der Waals surface area contributed by atoms with Crippen LogP contribution in [0, 0.1) is 0 Å². The lowest BCUT2D eigenvalue weighted by Crippen LogP contribution is -2.08. The molecule has 0 unspecified atom stereocenters. The lowest BCUT2D eigenvalue weighted by molar-refractivity contribution is 0.0692. The molecule has 0 saturated heterocycles. The van der Waals surface area contributed by atoms with Crippen molar-refractivity contribution < 1.29 is 19.1 Å². The molecule has 0 radical (unpaired) electrons. The number of hydrogen-bond acceptors (Lipinski definition) is 3. The summed E-state index contributed by atoms with van der Waals surface area (Å²) in [5, 5.41) is 9.93. The van der Waals surface area contributed by atoms with E-state index in [-0.39, 0.29) is 16.9 Å². The summed E-state index contributed by atoms with van der Waals surface area (Å²) in [6.45, 7) is 0. The monoisotopic (exact) mass is 266 g/mol. The van der Waals surface area contributed by atoms with Crippen LogP contribution in [0.1, 0.15) is 26.5 Å². The third-order valence-corrected chi connectivity index (χ3v) is 3.05. The third-order valence-electron chi connectivity index (χ3n) is 3.05. The predicted octanol–water partition coefficient (Wildman–Crippen LogP) is 3.36. The Kier molecular flexibility index (Phi) is 2.84. The average molecular weight is 266 g/mol. The summed E-state index contributed by atoms with van der Waals surface area (Å²) in [6.07, 6.45) is 0. The number of para-hydroxylation sites is 1. The Hall–Kier alpha value is -2.88. The highest BCUT2D eigenvalue weighted by Crippen LogP contribution is 2.22. The molecule has 0 aliphatic carbocycles. The largest absolute Gasteiger partial charge is 0.478 e. The standard InChI is InChI=1S/C16H10O4/c17-15(11-6-2-3-7-12(11)16(18)19)14-9-10-5-1-4-8-13(10)20-14/h1-9H,(H,18,19). The van der Waals surface area contributed by atoms with Crippen LogP contribution in [0.3, 0.4) is 0 Å². The fourth-order valence-corrected chi connectivity index (χ4v) is 2.09. The summed E-state index contributed by atoms with van der Waals surface area (Å²) >= 11 is 0. The van der Waals surface area contributed by atoms with Gasteiger partial charge in [-0.2, -0.15) is 0 Å². The van der Waals surface area contributed by atoms with E-state index in [4.69, 9.17) is 9.52 Å². The van der Waals surface area contributed by atoms with E-state index in [9.17, 15) is 9.59 Å². The van der Waals surface area contributed by atoms with Gasteiger partial charge in [-0.15, -0.1) is 0 Å². The first-order valence-electron chi connectivity index (χ1n) is 6.02. The van der Waals surface area contributed by atoms with Crippen LogP contribution >= 0.6 is 0 Å². The van der Waals surface area contributed by atoms with Crippen molar-refractivity contribution in [1.29, 1.82) is 0 Å². The Labute approximate surface area is 114 Å². The molecule has 0 fully saturated rings. The highest BCUT2D eigenvalue weighted by molar-refractivity contribution is 6.14. The minimum absolute atomic E-state index is 0.0297. The van der Waals surface area contributed by atoms with Gasteiger partial charge in [-0.25, -0.2) is 4.79 Å². The molecule has 0 aliphatic heterocycles. The van der Waals surface area contributed by atoms with E-state index in [1.54, 1.807) is 24.3 Å². The number of ketones is 1. The second-order valence-corrected chi connectivity index (χ2v) is 4.33. The molecule has 0 amide bonds. The van der Waals surface area contributed by atoms with Crippen LogP contribution in [-0.4, -0.2) is 16.9 Å². The molecule has 3 rings (SSSR count). The van der Waals surface area contributed by atoms with Crippen molar-refractivity contribution in [3.8, 4) is 0 Å². The number of furan rings is 1. The first-order chi connectivity index (χ1) is 9.66. The van der Waals surface area contributed by atoms with E-state index in [0.717, 1.165) is 5.39 Å². The van der Waals surface area contributed by atoms with Crippen LogP contribution < -0.4 is 0 Å². The van der Waals surface area contributed by atoms with Gasteiger partial charge in [0.05, 0.1) is 5.56 Å². The van der Waals surface area contributed by atoms with Gasteiger partial charge in [0.25, 0.3) is 0 Å². The van der Waals surface area contributed by atoms with Gasteiger partial charge in [-0.05, 0) is 18.2 Å². The molecule has 1 N–H and O–H groups in total. The average Bonchev–Trinajstić information content (AvgIpc) is 2.90. The maximum atomic E-state index is 12.4. The van der Waals surface area contributed by atoms with Crippen molar-refractivity contribution in [1.82, 2.24) is 0 Å². The van der Waals surface area contributed by atoms with Gasteiger partial charge in [-0.1, -0.05) is 36.4 Å². The molecule has 1 heterocycles. The Morgan fingerprint density at radius 1 is 0.900 bits per heavy atom. The first-order valence-corrected chi connectivity index (χ1v) is 6.02. The number of fused-ring (bicyclic) bond motifs is 1. The predicted molar refractivity (Wildman–Crippen MR) is 73.0 cm³/mol. The number of carboxylic acids is 1. The first kappa shape index (κ1) is 12.2. The summed E-state index contributed by atoms with van der Waals surface area (Å²) in [5.41, 5.74) is 0.695. The Balaban J connectivity index is 2.11. The molecule has 2 aromatic carbocycles. The molecule has 0 spiro atoms. The number of rotatable bonds is 3. The van der Waals surface area contributed by atoms with Gasteiger partial charge < -0.3 is 9.52 Å². The van der Waals surface area contributed by atoms with Crippen molar-refractivity contribution >= 4 is 22.7 Å². The number of hydrogen-bond donors (Lipinski definition) is 1. The van der Waals surface area contributed by atoms with Crippen molar-refractivity contribution in [3.63, 3.8) is 0 Å². The SMILES string of the molecule is O=C(O)c1ccccc1C(=O)c1cc2ccccc2o1. The summed E-state index contributed by atoms with van der Waals surface area (Å²) in [5.74, 6) is -1.43. The molecule has 0 aliphatic rings. The van der Waals surface area contributed by atoms with Gasteiger partial charge in [0.15, 0.2) is 5.76 Å². The second-order valence-electron chi connectivity index (χ2n) is 4.33. The zero-order chi connectivity index (χ0) is 14.1. The molecular formula is C16H10O4. The molecule has 0 saturated carbocycles. The number of carbonyl (C=O) groups is 2. The molecule has 0 bridgehead atoms. The van der Waals surface area contributed by atoms with Crippen LogP contribution in [0.25, 0.3) is 11.0 Å². The zero-order valence-corrected chi connectivity index (χ0v) is 10.4. The maximum Gasteiger partial charge on any atom is 0.336 e. The molecule has 1 aromatic heterocycles. The third kappa shape index (κ3) is 1.97. The maximum absolute atomic E-state index is 12.4. The molecule has 4 nitrogen and oxygen atoms in total. The number of aromatic carboxylic acids is 1. The van der Waals surface area contributed by atoms with Crippen molar-refractivity contribution in [2.75, 3.05) is 0 Å². The molecule has 98 valence electrons. The van der Waals surface area contributed by atoms with Crippen molar-refractivity contribution in [3.05, 3.63) is 71.5 Å². The lowest BCUT2D eigenvalue weighted by atomic mass is 10.0. The Morgan fingerprint density at radius 2 is 1.55 bits per heavy atom. The summed E-state index contributed by atoms with van der Waals surface area (Å²) in [7, 11) is 0. The van der Waals surface area contributed by atoms with Crippen LogP contribution in [0.4, 0.5) is 0 Å². The molecule has 4 heteroatoms. The summed E-state index contributed by atoms with van der Waals surface area (Å²) in [6, 6.07) is 15.0. The normalized spacial score (nSPS) is 10.6. The summed E-state index contributed by atoms with van der Waals surface area (Å²) < 4.78 is 5.48. The molecule has 3 aromatic rings. The van der Waals surface area contributed by atoms with E-state index in [0.29, 0.717) is 5.58 Å². The van der Waals surface area contributed by atoms with Gasteiger partial charge in [0.1, 0.15) is 5.58 Å². The van der Waals surface area contributed by atoms with Gasteiger partial charge in [0.2, 0.25) is 5.78 Å². The van der Waals surface area contributed by atoms with Crippen LogP contribution in [-0.2, 0) is 0 Å². The van der Waals surface area contributed by atoms with Crippen LogP contribution in [0.15, 0.2) is 59.0 Å². The number of carboxylic acid groups (broad SMARTS) is 1. The zero-order valence-electron chi connectivity index (χ0n) is 10.4.